The fourth-order valence-electron chi connectivity index (χ4n) is 2.62. The molecule has 19 heavy (non-hydrogen) atoms. The van der Waals surface area contributed by atoms with Gasteiger partial charge in [-0.2, -0.15) is 0 Å². The van der Waals surface area contributed by atoms with Gasteiger partial charge in [-0.05, 0) is 31.0 Å². The lowest BCUT2D eigenvalue weighted by atomic mass is 10.2. The molecule has 0 bridgehead atoms. The molecule has 1 heterocycles. The zero-order valence-electron chi connectivity index (χ0n) is 10.7. The average molecular weight is 282 g/mol. The summed E-state index contributed by atoms with van der Waals surface area (Å²) in [6, 6.07) is 5.05. The largest absolute Gasteiger partial charge is 0.490 e. The first-order valence-corrected chi connectivity index (χ1v) is 8.16. The van der Waals surface area contributed by atoms with Crippen molar-refractivity contribution >= 4 is 15.7 Å². The molecule has 0 saturated heterocycles. The summed E-state index contributed by atoms with van der Waals surface area (Å²) in [5.74, 6) is 0.714. The third kappa shape index (κ3) is 2.69. The Kier molecular flexibility index (Phi) is 3.36. The number of nitrogens with one attached hydrogen (secondary N) is 2. The van der Waals surface area contributed by atoms with Gasteiger partial charge in [0.1, 0.15) is 12.4 Å². The second-order valence-electron chi connectivity index (χ2n) is 5.04. The number of ether oxygens (including phenoxy) is 1. The van der Waals surface area contributed by atoms with Crippen LogP contribution < -0.4 is 14.8 Å². The quantitative estimate of drug-likeness (QED) is 0.885. The van der Waals surface area contributed by atoms with Gasteiger partial charge in [-0.3, -0.25) is 0 Å². The number of benzene rings is 1. The number of rotatable bonds is 3. The minimum Gasteiger partial charge on any atom is -0.490 e. The van der Waals surface area contributed by atoms with Crippen molar-refractivity contribution in [3.05, 3.63) is 18.2 Å². The monoisotopic (exact) mass is 282 g/mol. The molecule has 6 heteroatoms. The zero-order chi connectivity index (χ0) is 13.3. The molecule has 0 aromatic heterocycles. The molecule has 0 radical (unpaired) electrons. The van der Waals surface area contributed by atoms with Gasteiger partial charge in [-0.1, -0.05) is 12.8 Å². The van der Waals surface area contributed by atoms with Gasteiger partial charge in [0.2, 0.25) is 10.0 Å². The minimum absolute atomic E-state index is 0.0882. The number of hydrogen-bond acceptors (Lipinski definition) is 4. The molecule has 1 aliphatic carbocycles. The summed E-state index contributed by atoms with van der Waals surface area (Å²) in [5.41, 5.74) is 0.751. The van der Waals surface area contributed by atoms with Crippen LogP contribution in [0.5, 0.6) is 5.75 Å². The van der Waals surface area contributed by atoms with Crippen molar-refractivity contribution in [1.29, 1.82) is 0 Å². The minimum atomic E-state index is -3.42. The van der Waals surface area contributed by atoms with Crippen LogP contribution in [0.15, 0.2) is 23.1 Å². The van der Waals surface area contributed by atoms with E-state index in [1.807, 2.05) is 0 Å². The van der Waals surface area contributed by atoms with Crippen LogP contribution >= 0.6 is 0 Å². The van der Waals surface area contributed by atoms with Crippen LogP contribution in [0.4, 0.5) is 5.69 Å². The van der Waals surface area contributed by atoms with Gasteiger partial charge in [0.05, 0.1) is 10.6 Å². The van der Waals surface area contributed by atoms with Crippen LogP contribution in [0.1, 0.15) is 25.7 Å². The normalized spacial score (nSPS) is 19.6. The summed E-state index contributed by atoms with van der Waals surface area (Å²) in [4.78, 5) is 0.302. The fraction of sp³-hybridized carbons (Fsp3) is 0.538. The van der Waals surface area contributed by atoms with Crippen LogP contribution in [0.25, 0.3) is 0 Å². The van der Waals surface area contributed by atoms with Gasteiger partial charge in [0, 0.05) is 12.6 Å². The Morgan fingerprint density at radius 3 is 2.84 bits per heavy atom. The van der Waals surface area contributed by atoms with E-state index in [0.717, 1.165) is 31.4 Å². The highest BCUT2D eigenvalue weighted by atomic mass is 32.2. The Hall–Kier alpha value is -1.27. The maximum atomic E-state index is 12.3. The maximum absolute atomic E-state index is 12.3. The van der Waals surface area contributed by atoms with Crippen molar-refractivity contribution in [2.24, 2.45) is 0 Å². The van der Waals surface area contributed by atoms with E-state index in [1.54, 1.807) is 18.2 Å². The molecule has 0 amide bonds. The molecule has 0 unspecified atom stereocenters. The Labute approximate surface area is 113 Å². The van der Waals surface area contributed by atoms with Gasteiger partial charge in [0.25, 0.3) is 0 Å². The van der Waals surface area contributed by atoms with Crippen molar-refractivity contribution in [2.75, 3.05) is 18.5 Å². The van der Waals surface area contributed by atoms with Crippen molar-refractivity contribution in [2.45, 2.75) is 36.6 Å². The Bertz CT molecular complexity index is 565. The van der Waals surface area contributed by atoms with Crippen LogP contribution in [0.3, 0.4) is 0 Å². The Balaban J connectivity index is 1.84. The third-order valence-electron chi connectivity index (χ3n) is 3.61. The summed E-state index contributed by atoms with van der Waals surface area (Å²) in [5, 5.41) is 3.15. The molecule has 0 atom stereocenters. The fourth-order valence-corrected chi connectivity index (χ4v) is 3.95. The topological polar surface area (TPSA) is 67.4 Å². The van der Waals surface area contributed by atoms with Gasteiger partial charge >= 0.3 is 0 Å². The molecule has 1 fully saturated rings. The van der Waals surface area contributed by atoms with Crippen molar-refractivity contribution in [3.63, 3.8) is 0 Å². The average Bonchev–Trinajstić information content (AvgIpc) is 2.90. The van der Waals surface area contributed by atoms with Crippen molar-refractivity contribution in [3.8, 4) is 5.75 Å². The van der Waals surface area contributed by atoms with Crippen LogP contribution in [0.2, 0.25) is 0 Å². The van der Waals surface area contributed by atoms with E-state index < -0.39 is 10.0 Å². The molecule has 1 aliphatic heterocycles. The Morgan fingerprint density at radius 2 is 2.05 bits per heavy atom. The van der Waals surface area contributed by atoms with E-state index in [1.165, 1.54) is 0 Å². The smallest absolute Gasteiger partial charge is 0.240 e. The summed E-state index contributed by atoms with van der Waals surface area (Å²) in [6.07, 6.45) is 4.08. The highest BCUT2D eigenvalue weighted by Gasteiger charge is 2.24. The van der Waals surface area contributed by atoms with E-state index in [0.29, 0.717) is 23.8 Å². The SMILES string of the molecule is O=S(=O)(NC1CCCC1)c1ccc2c(c1)NCCO2. The Morgan fingerprint density at radius 1 is 1.26 bits per heavy atom. The lowest BCUT2D eigenvalue weighted by molar-refractivity contribution is 0.323. The van der Waals surface area contributed by atoms with Gasteiger partial charge < -0.3 is 10.1 Å². The van der Waals surface area contributed by atoms with Gasteiger partial charge in [-0.15, -0.1) is 0 Å². The number of sulfonamides is 1. The molecule has 0 spiro atoms. The van der Waals surface area contributed by atoms with Crippen LogP contribution in [-0.4, -0.2) is 27.6 Å². The van der Waals surface area contributed by atoms with E-state index >= 15 is 0 Å². The second-order valence-corrected chi connectivity index (χ2v) is 6.75. The maximum Gasteiger partial charge on any atom is 0.240 e. The molecular formula is C13H18N2O3S. The third-order valence-corrected chi connectivity index (χ3v) is 5.13. The predicted octanol–water partition coefficient (Wildman–Crippen LogP) is 1.71. The van der Waals surface area contributed by atoms with Crippen molar-refractivity contribution in [1.82, 2.24) is 4.72 Å². The van der Waals surface area contributed by atoms with Crippen LogP contribution in [-0.2, 0) is 10.0 Å². The number of anilines is 1. The molecular weight excluding hydrogens is 264 g/mol. The van der Waals surface area contributed by atoms with E-state index in [4.69, 9.17) is 4.74 Å². The lowest BCUT2D eigenvalue weighted by Gasteiger charge is -2.20. The first-order valence-electron chi connectivity index (χ1n) is 6.68. The molecule has 5 nitrogen and oxygen atoms in total. The molecule has 2 aliphatic rings. The predicted molar refractivity (Wildman–Crippen MR) is 73.0 cm³/mol. The second kappa shape index (κ2) is 5.02. The van der Waals surface area contributed by atoms with E-state index in [2.05, 4.69) is 10.0 Å². The first-order chi connectivity index (χ1) is 9.15. The molecule has 2 N–H and O–H groups in total. The summed E-state index contributed by atoms with van der Waals surface area (Å²) >= 11 is 0. The van der Waals surface area contributed by atoms with E-state index in [-0.39, 0.29) is 6.04 Å². The highest BCUT2D eigenvalue weighted by molar-refractivity contribution is 7.89. The van der Waals surface area contributed by atoms with Crippen LogP contribution in [0, 0.1) is 0 Å². The number of hydrogen-bond donors (Lipinski definition) is 2. The molecule has 1 saturated carbocycles. The highest BCUT2D eigenvalue weighted by Crippen LogP contribution is 2.30. The molecule has 1 aromatic rings. The zero-order valence-corrected chi connectivity index (χ0v) is 11.5. The standard InChI is InChI=1S/C13H18N2O3S/c16-19(17,15-10-3-1-2-4-10)11-5-6-13-12(9-11)14-7-8-18-13/h5-6,9-10,14-15H,1-4,7-8H2. The van der Waals surface area contributed by atoms with Gasteiger partial charge in [-0.25, -0.2) is 13.1 Å². The van der Waals surface area contributed by atoms with E-state index in [9.17, 15) is 8.42 Å². The number of fused-ring (bicyclic) bond motifs is 1. The van der Waals surface area contributed by atoms with Gasteiger partial charge in [0.15, 0.2) is 0 Å². The summed E-state index contributed by atoms with van der Waals surface area (Å²) in [7, 11) is -3.42. The summed E-state index contributed by atoms with van der Waals surface area (Å²) < 4.78 is 32.8. The molecule has 3 rings (SSSR count). The first kappa shape index (κ1) is 12.7. The molecule has 104 valence electrons. The lowest BCUT2D eigenvalue weighted by Crippen LogP contribution is -2.32. The molecule has 1 aromatic carbocycles. The summed E-state index contributed by atoms with van der Waals surface area (Å²) in [6.45, 7) is 1.31. The van der Waals surface area contributed by atoms with Crippen molar-refractivity contribution < 1.29 is 13.2 Å².